The summed E-state index contributed by atoms with van der Waals surface area (Å²) in [6.07, 6.45) is 0.919. The predicted octanol–water partition coefficient (Wildman–Crippen LogP) is -1.12. The Morgan fingerprint density at radius 3 is 2.14 bits per heavy atom. The van der Waals surface area contributed by atoms with Crippen LogP contribution in [0.15, 0.2) is 34.1 Å². The van der Waals surface area contributed by atoms with Crippen molar-refractivity contribution in [3.63, 3.8) is 0 Å². The largest absolute Gasteiger partial charge is 0.468 e. The van der Waals surface area contributed by atoms with Crippen LogP contribution in [0.25, 0.3) is 0 Å². The molecule has 22 heavy (non-hydrogen) atoms. The molecule has 0 atom stereocenters. The summed E-state index contributed by atoms with van der Waals surface area (Å²) >= 11 is 0. The summed E-state index contributed by atoms with van der Waals surface area (Å²) in [5, 5.41) is 2.79. The fraction of sp³-hybridized carbons (Fsp3) is 0.417. The third-order valence-electron chi connectivity index (χ3n) is 3.30. The average Bonchev–Trinajstić information content (AvgIpc) is 2.41. The van der Waals surface area contributed by atoms with Gasteiger partial charge < -0.3 is 10.1 Å². The van der Waals surface area contributed by atoms with Crippen molar-refractivity contribution in [2.24, 2.45) is 0 Å². The van der Waals surface area contributed by atoms with Gasteiger partial charge in [0.1, 0.15) is 4.90 Å². The number of esters is 1. The number of nitrogens with one attached hydrogen (secondary N) is 2. The van der Waals surface area contributed by atoms with Crippen LogP contribution in [0.5, 0.6) is 0 Å². The van der Waals surface area contributed by atoms with Crippen LogP contribution in [0.1, 0.15) is 0 Å². The first-order valence-electron chi connectivity index (χ1n) is 6.25. The van der Waals surface area contributed by atoms with E-state index in [0.717, 1.165) is 13.4 Å². The standard InChI is InChI=1S/C12H16N2O6S2/c1-20-11(15)12(7-13-8-12)14-22(18,19)10-6-4-3-5-9(10)21(2,16)17/h3-6,13-14H,7-8H2,1-2H3. The second-order valence-electron chi connectivity index (χ2n) is 5.00. The molecule has 0 bridgehead atoms. The van der Waals surface area contributed by atoms with Crippen molar-refractivity contribution < 1.29 is 26.4 Å². The molecule has 8 nitrogen and oxygen atoms in total. The summed E-state index contributed by atoms with van der Waals surface area (Å²) in [4.78, 5) is 11.1. The lowest BCUT2D eigenvalue weighted by Gasteiger charge is -2.39. The van der Waals surface area contributed by atoms with E-state index in [-0.39, 0.29) is 18.0 Å². The summed E-state index contributed by atoms with van der Waals surface area (Å²) in [5.74, 6) is -0.730. The van der Waals surface area contributed by atoms with Crippen molar-refractivity contribution in [3.05, 3.63) is 24.3 Å². The molecule has 0 amide bonds. The second kappa shape index (κ2) is 5.61. The second-order valence-corrected chi connectivity index (χ2v) is 8.64. The number of sulfone groups is 1. The van der Waals surface area contributed by atoms with Gasteiger partial charge in [-0.2, -0.15) is 4.72 Å². The lowest BCUT2D eigenvalue weighted by Crippen LogP contribution is -2.73. The zero-order chi connectivity index (χ0) is 16.6. The van der Waals surface area contributed by atoms with E-state index in [4.69, 9.17) is 0 Å². The number of carbonyl (C=O) groups excluding carboxylic acids is 1. The first-order valence-corrected chi connectivity index (χ1v) is 9.62. The summed E-state index contributed by atoms with van der Waals surface area (Å²) < 4.78 is 55.4. The molecule has 10 heteroatoms. The third-order valence-corrected chi connectivity index (χ3v) is 6.18. The Morgan fingerprint density at radius 2 is 1.73 bits per heavy atom. The first-order chi connectivity index (χ1) is 10.1. The van der Waals surface area contributed by atoms with E-state index in [9.17, 15) is 21.6 Å². The highest BCUT2D eigenvalue weighted by molar-refractivity contribution is 7.93. The Kier molecular flexibility index (Phi) is 4.30. The molecule has 2 N–H and O–H groups in total. The lowest BCUT2D eigenvalue weighted by molar-refractivity contribution is -0.149. The molecule has 0 radical (unpaired) electrons. The molecule has 1 aliphatic rings. The number of rotatable bonds is 5. The Morgan fingerprint density at radius 1 is 1.18 bits per heavy atom. The fourth-order valence-electron chi connectivity index (χ4n) is 2.12. The van der Waals surface area contributed by atoms with Gasteiger partial charge in [-0.1, -0.05) is 12.1 Å². The normalized spacial score (nSPS) is 17.5. The highest BCUT2D eigenvalue weighted by Gasteiger charge is 2.49. The lowest BCUT2D eigenvalue weighted by atomic mass is 9.94. The van der Waals surface area contributed by atoms with Gasteiger partial charge in [-0.25, -0.2) is 21.6 Å². The van der Waals surface area contributed by atoms with Crippen molar-refractivity contribution in [3.8, 4) is 0 Å². The maximum absolute atomic E-state index is 12.5. The molecular weight excluding hydrogens is 332 g/mol. The monoisotopic (exact) mass is 348 g/mol. The van der Waals surface area contributed by atoms with Gasteiger partial charge in [-0.3, -0.25) is 0 Å². The van der Waals surface area contributed by atoms with Crippen LogP contribution >= 0.6 is 0 Å². The molecule has 2 rings (SSSR count). The molecule has 1 aromatic rings. The molecule has 0 unspecified atom stereocenters. The quantitative estimate of drug-likeness (QED) is 0.647. The molecule has 1 aromatic carbocycles. The molecule has 122 valence electrons. The van der Waals surface area contributed by atoms with Crippen molar-refractivity contribution in [1.82, 2.24) is 10.0 Å². The number of hydrogen-bond donors (Lipinski definition) is 2. The van der Waals surface area contributed by atoms with Crippen LogP contribution in [0.4, 0.5) is 0 Å². The summed E-state index contributed by atoms with van der Waals surface area (Å²) in [6.45, 7) is 0.139. The number of ether oxygens (including phenoxy) is 1. The van der Waals surface area contributed by atoms with E-state index in [2.05, 4.69) is 14.8 Å². The maximum Gasteiger partial charge on any atom is 0.329 e. The minimum atomic E-state index is -4.22. The van der Waals surface area contributed by atoms with E-state index in [1.807, 2.05) is 0 Å². The Bertz CT molecular complexity index is 797. The van der Waals surface area contributed by atoms with Crippen LogP contribution < -0.4 is 10.0 Å². The van der Waals surface area contributed by atoms with Crippen LogP contribution in [-0.4, -0.2) is 54.8 Å². The molecule has 0 aliphatic carbocycles. The SMILES string of the molecule is COC(=O)C1(NS(=O)(=O)c2ccccc2S(C)(=O)=O)CNC1. The summed E-state index contributed by atoms with van der Waals surface area (Å²) in [7, 11) is -6.80. The molecule has 1 saturated heterocycles. The van der Waals surface area contributed by atoms with Gasteiger partial charge in [0.2, 0.25) is 10.0 Å². The average molecular weight is 348 g/mol. The number of hydrogen-bond acceptors (Lipinski definition) is 7. The summed E-state index contributed by atoms with van der Waals surface area (Å²) in [5.41, 5.74) is -1.42. The third kappa shape index (κ3) is 3.00. The molecule has 1 aliphatic heterocycles. The summed E-state index contributed by atoms with van der Waals surface area (Å²) in [6, 6.07) is 5.22. The highest BCUT2D eigenvalue weighted by Crippen LogP contribution is 2.23. The number of benzene rings is 1. The van der Waals surface area contributed by atoms with Crippen molar-refractivity contribution in [2.75, 3.05) is 26.5 Å². The predicted molar refractivity (Wildman–Crippen MR) is 77.5 cm³/mol. The minimum Gasteiger partial charge on any atom is -0.468 e. The van der Waals surface area contributed by atoms with E-state index >= 15 is 0 Å². The molecule has 0 saturated carbocycles. The fourth-order valence-corrected chi connectivity index (χ4v) is 5.10. The molecular formula is C12H16N2O6S2. The van der Waals surface area contributed by atoms with Gasteiger partial charge >= 0.3 is 5.97 Å². The Hall–Kier alpha value is -1.49. The molecule has 1 heterocycles. The van der Waals surface area contributed by atoms with E-state index < -0.39 is 36.3 Å². The van der Waals surface area contributed by atoms with Gasteiger partial charge in [0.15, 0.2) is 15.4 Å². The van der Waals surface area contributed by atoms with Gasteiger partial charge in [-0.05, 0) is 12.1 Å². The maximum atomic E-state index is 12.5. The van der Waals surface area contributed by atoms with Crippen LogP contribution in [-0.2, 0) is 29.4 Å². The minimum absolute atomic E-state index is 0.0694. The Labute approximate surface area is 128 Å². The van der Waals surface area contributed by atoms with Crippen LogP contribution in [0, 0.1) is 0 Å². The van der Waals surface area contributed by atoms with Gasteiger partial charge in [0.25, 0.3) is 0 Å². The van der Waals surface area contributed by atoms with E-state index in [1.54, 1.807) is 0 Å². The van der Waals surface area contributed by atoms with E-state index in [1.165, 1.54) is 24.3 Å². The van der Waals surface area contributed by atoms with Crippen LogP contribution in [0.3, 0.4) is 0 Å². The van der Waals surface area contributed by atoms with Crippen LogP contribution in [0.2, 0.25) is 0 Å². The zero-order valence-electron chi connectivity index (χ0n) is 12.0. The molecule has 0 aromatic heterocycles. The highest BCUT2D eigenvalue weighted by atomic mass is 32.2. The van der Waals surface area contributed by atoms with Crippen molar-refractivity contribution in [1.29, 1.82) is 0 Å². The van der Waals surface area contributed by atoms with E-state index in [0.29, 0.717) is 0 Å². The van der Waals surface area contributed by atoms with Crippen molar-refractivity contribution >= 4 is 25.8 Å². The van der Waals surface area contributed by atoms with Crippen molar-refractivity contribution in [2.45, 2.75) is 15.3 Å². The number of sulfonamides is 1. The molecule has 1 fully saturated rings. The number of carbonyl (C=O) groups is 1. The van der Waals surface area contributed by atoms with Gasteiger partial charge in [0, 0.05) is 19.3 Å². The zero-order valence-corrected chi connectivity index (χ0v) is 13.6. The van der Waals surface area contributed by atoms with Gasteiger partial charge in [0.05, 0.1) is 12.0 Å². The Balaban J connectivity index is 2.47. The molecule has 0 spiro atoms. The van der Waals surface area contributed by atoms with Gasteiger partial charge in [-0.15, -0.1) is 0 Å². The smallest absolute Gasteiger partial charge is 0.329 e. The number of methoxy groups -OCH3 is 1. The first kappa shape index (κ1) is 16.9. The topological polar surface area (TPSA) is 119 Å².